The van der Waals surface area contributed by atoms with Gasteiger partial charge in [0.05, 0.1) is 126 Å². The molecule has 0 spiro atoms. The van der Waals surface area contributed by atoms with Gasteiger partial charge >= 0.3 is 6.09 Å². The Morgan fingerprint density at radius 3 is 1.20 bits per heavy atom. The van der Waals surface area contributed by atoms with Gasteiger partial charge in [0.15, 0.2) is 8.32 Å². The quantitative estimate of drug-likeness (QED) is 0.0877. The minimum absolute atomic E-state index is 0.240. The first-order valence-corrected chi connectivity index (χ1v) is 19.2. The van der Waals surface area contributed by atoms with Gasteiger partial charge in [0.1, 0.15) is 6.61 Å². The van der Waals surface area contributed by atoms with E-state index in [9.17, 15) is 4.79 Å². The van der Waals surface area contributed by atoms with Crippen LogP contribution in [0.5, 0.6) is 0 Å². The van der Waals surface area contributed by atoms with Crippen molar-refractivity contribution in [2.75, 3.05) is 132 Å². The average molecular weight is 664 g/mol. The highest BCUT2D eigenvalue weighted by Crippen LogP contribution is 2.01. The summed E-state index contributed by atoms with van der Waals surface area (Å²) in [4.78, 5) is 11.6. The van der Waals surface area contributed by atoms with Gasteiger partial charge in [-0.15, -0.1) is 0 Å². The molecule has 1 rings (SSSR count). The van der Waals surface area contributed by atoms with Crippen LogP contribution in [0.15, 0.2) is 30.3 Å². The van der Waals surface area contributed by atoms with E-state index in [0.29, 0.717) is 132 Å². The van der Waals surface area contributed by atoms with E-state index >= 15 is 0 Å². The number of alkyl carbamates (subject to hydrolysis) is 1. The summed E-state index contributed by atoms with van der Waals surface area (Å²) in [5, 5.41) is 2.64. The first-order valence-electron chi connectivity index (χ1n) is 15.8. The lowest BCUT2D eigenvalue weighted by Crippen LogP contribution is -2.28. The second kappa shape index (κ2) is 30.9. The fraction of sp³-hybridized carbons (Fsp3) is 0.774. The maximum absolute atomic E-state index is 11.6. The summed E-state index contributed by atoms with van der Waals surface area (Å²) >= 11 is 0. The van der Waals surface area contributed by atoms with Gasteiger partial charge in [-0.1, -0.05) is 30.3 Å². The molecular formula is C31H57NO12Si. The zero-order valence-electron chi connectivity index (χ0n) is 27.6. The summed E-state index contributed by atoms with van der Waals surface area (Å²) in [6.07, 6.45) is -0.467. The van der Waals surface area contributed by atoms with Gasteiger partial charge in [-0.3, -0.25) is 0 Å². The van der Waals surface area contributed by atoms with Crippen molar-refractivity contribution in [2.24, 2.45) is 0 Å². The maximum Gasteiger partial charge on any atom is 0.407 e. The van der Waals surface area contributed by atoms with Crippen LogP contribution < -0.4 is 5.32 Å². The predicted molar refractivity (Wildman–Crippen MR) is 171 cm³/mol. The van der Waals surface area contributed by atoms with Crippen molar-refractivity contribution in [3.8, 4) is 0 Å². The number of amides is 1. The topological polar surface area (TPSA) is 131 Å². The molecule has 0 aromatic heterocycles. The molecule has 1 amide bonds. The molecule has 262 valence electrons. The summed E-state index contributed by atoms with van der Waals surface area (Å²) in [5.41, 5.74) is 0.939. The second-order valence-corrected chi connectivity index (χ2v) is 15.0. The molecule has 0 radical (unpaired) electrons. The number of rotatable bonds is 33. The maximum atomic E-state index is 11.6. The van der Waals surface area contributed by atoms with Crippen LogP contribution in [0.2, 0.25) is 19.6 Å². The van der Waals surface area contributed by atoms with Gasteiger partial charge in [-0.2, -0.15) is 0 Å². The molecule has 0 aliphatic heterocycles. The summed E-state index contributed by atoms with van der Waals surface area (Å²) in [5.74, 6) is 0. The highest BCUT2D eigenvalue weighted by molar-refractivity contribution is 6.69. The monoisotopic (exact) mass is 663 g/mol. The van der Waals surface area contributed by atoms with Gasteiger partial charge in [0.2, 0.25) is 0 Å². The van der Waals surface area contributed by atoms with E-state index in [1.807, 2.05) is 30.3 Å². The molecule has 0 bridgehead atoms. The minimum atomic E-state index is -1.45. The molecule has 0 unspecified atom stereocenters. The Labute approximate surface area is 270 Å². The highest BCUT2D eigenvalue weighted by Gasteiger charge is 2.13. The summed E-state index contributed by atoms with van der Waals surface area (Å²) in [6, 6.07) is 9.51. The molecule has 13 nitrogen and oxygen atoms in total. The van der Waals surface area contributed by atoms with Crippen LogP contribution in [0.1, 0.15) is 5.56 Å². The van der Waals surface area contributed by atoms with Gasteiger partial charge in [-0.05, 0) is 25.2 Å². The highest BCUT2D eigenvalue weighted by atomic mass is 28.4. The Morgan fingerprint density at radius 1 is 0.511 bits per heavy atom. The Kier molecular flexibility index (Phi) is 28.4. The lowest BCUT2D eigenvalue weighted by Gasteiger charge is -2.16. The molecule has 0 fully saturated rings. The molecule has 1 aromatic carbocycles. The third kappa shape index (κ3) is 32.1. The standard InChI is InChI=1S/C31H57NO12Si/c1-45(2,3)44-28-27-42-26-25-41-24-23-40-22-21-39-20-19-38-18-17-37-16-15-36-14-13-35-12-11-34-10-9-32-31(33)43-29-30-7-5-4-6-8-30/h4-8H,9-29H2,1-3H3,(H,32,33). The van der Waals surface area contributed by atoms with Gasteiger partial charge in [-0.25, -0.2) is 4.79 Å². The van der Waals surface area contributed by atoms with Crippen LogP contribution in [-0.2, 0) is 58.4 Å². The average Bonchev–Trinajstić information content (AvgIpc) is 3.02. The molecule has 0 aliphatic rings. The van der Waals surface area contributed by atoms with Crippen molar-refractivity contribution in [1.82, 2.24) is 5.32 Å². The zero-order chi connectivity index (χ0) is 32.5. The van der Waals surface area contributed by atoms with E-state index in [1.54, 1.807) is 0 Å². The van der Waals surface area contributed by atoms with E-state index in [4.69, 9.17) is 51.8 Å². The van der Waals surface area contributed by atoms with E-state index in [0.717, 1.165) is 5.56 Å². The van der Waals surface area contributed by atoms with Crippen LogP contribution >= 0.6 is 0 Å². The molecule has 0 aliphatic carbocycles. The normalized spacial score (nSPS) is 11.6. The van der Waals surface area contributed by atoms with E-state index in [2.05, 4.69) is 25.0 Å². The molecule has 0 saturated heterocycles. The fourth-order valence-corrected chi connectivity index (χ4v) is 3.96. The molecule has 0 heterocycles. The van der Waals surface area contributed by atoms with Gasteiger partial charge in [0.25, 0.3) is 0 Å². The van der Waals surface area contributed by atoms with E-state index in [-0.39, 0.29) is 6.61 Å². The Balaban J connectivity index is 1.65. The number of hydrogen-bond acceptors (Lipinski definition) is 12. The van der Waals surface area contributed by atoms with Gasteiger partial charge in [0, 0.05) is 6.54 Å². The van der Waals surface area contributed by atoms with Crippen molar-refractivity contribution in [3.63, 3.8) is 0 Å². The summed E-state index contributed by atoms with van der Waals surface area (Å²) in [6.45, 7) is 16.7. The smallest absolute Gasteiger partial charge is 0.407 e. The predicted octanol–water partition coefficient (Wildman–Crippen LogP) is 2.91. The molecule has 0 saturated carbocycles. The third-order valence-electron chi connectivity index (χ3n) is 5.47. The van der Waals surface area contributed by atoms with Crippen molar-refractivity contribution >= 4 is 14.4 Å². The van der Waals surface area contributed by atoms with Crippen LogP contribution in [-0.4, -0.2) is 146 Å². The number of benzene rings is 1. The van der Waals surface area contributed by atoms with Crippen LogP contribution in [0.25, 0.3) is 0 Å². The summed E-state index contributed by atoms with van der Waals surface area (Å²) < 4.78 is 60.0. The number of ether oxygens (including phenoxy) is 10. The molecule has 45 heavy (non-hydrogen) atoms. The third-order valence-corrected chi connectivity index (χ3v) is 6.54. The Bertz CT molecular complexity index is 773. The molecule has 0 atom stereocenters. The lowest BCUT2D eigenvalue weighted by molar-refractivity contribution is -0.0253. The molecule has 1 aromatic rings. The van der Waals surface area contributed by atoms with E-state index < -0.39 is 14.4 Å². The van der Waals surface area contributed by atoms with Crippen molar-refractivity contribution in [2.45, 2.75) is 26.2 Å². The lowest BCUT2D eigenvalue weighted by atomic mass is 10.2. The first kappa shape index (κ1) is 41.3. The SMILES string of the molecule is C[Si](C)(C)OCCOCCOCCOCCOCCOCCOCCOCCOCCOCCNC(=O)OCc1ccccc1. The van der Waals surface area contributed by atoms with Crippen molar-refractivity contribution in [3.05, 3.63) is 35.9 Å². The molecular weight excluding hydrogens is 606 g/mol. The Morgan fingerprint density at radius 2 is 0.844 bits per heavy atom. The number of carbonyl (C=O) groups is 1. The number of nitrogens with one attached hydrogen (secondary N) is 1. The van der Waals surface area contributed by atoms with E-state index in [1.165, 1.54) is 0 Å². The van der Waals surface area contributed by atoms with Crippen LogP contribution in [0, 0.1) is 0 Å². The summed E-state index contributed by atoms with van der Waals surface area (Å²) in [7, 11) is -1.45. The molecule has 14 heteroatoms. The van der Waals surface area contributed by atoms with Crippen molar-refractivity contribution in [1.29, 1.82) is 0 Å². The molecule has 1 N–H and O–H groups in total. The largest absolute Gasteiger partial charge is 0.445 e. The van der Waals surface area contributed by atoms with Gasteiger partial charge < -0.3 is 57.1 Å². The second-order valence-electron chi connectivity index (χ2n) is 10.5. The Hall–Kier alpha value is -1.69. The number of hydrogen-bond donors (Lipinski definition) is 1. The fourth-order valence-electron chi connectivity index (χ4n) is 3.27. The van der Waals surface area contributed by atoms with Crippen LogP contribution in [0.4, 0.5) is 4.79 Å². The van der Waals surface area contributed by atoms with Crippen molar-refractivity contribution < 1.29 is 56.6 Å². The number of carbonyl (C=O) groups excluding carboxylic acids is 1. The zero-order valence-corrected chi connectivity index (χ0v) is 28.6. The minimum Gasteiger partial charge on any atom is -0.445 e. The first-order chi connectivity index (χ1) is 22.0. The van der Waals surface area contributed by atoms with Crippen LogP contribution in [0.3, 0.4) is 0 Å².